The zero-order valence-electron chi connectivity index (χ0n) is 22.9. The molecule has 0 spiro atoms. The molecular weight excluding hydrogens is 550 g/mol. The highest BCUT2D eigenvalue weighted by atomic mass is 35.5. The van der Waals surface area contributed by atoms with E-state index in [0.29, 0.717) is 12.3 Å². The first kappa shape index (κ1) is 26.7. The lowest BCUT2D eigenvalue weighted by atomic mass is 9.78. The number of thiophene rings is 1. The average molecular weight is 582 g/mol. The van der Waals surface area contributed by atoms with Crippen LogP contribution in [0.15, 0.2) is 72.8 Å². The van der Waals surface area contributed by atoms with Gasteiger partial charge < -0.3 is 4.74 Å². The summed E-state index contributed by atoms with van der Waals surface area (Å²) in [7, 11) is 0. The quantitative estimate of drug-likeness (QED) is 0.169. The van der Waals surface area contributed by atoms with E-state index < -0.39 is 6.29 Å². The third-order valence-electron chi connectivity index (χ3n) is 8.38. The number of fused-ring (bicyclic) bond motifs is 5. The monoisotopic (exact) mass is 581 g/mol. The van der Waals surface area contributed by atoms with Crippen LogP contribution in [0.25, 0.3) is 33.2 Å². The van der Waals surface area contributed by atoms with Crippen LogP contribution in [0.1, 0.15) is 52.8 Å². The Kier molecular flexibility index (Phi) is 7.53. The smallest absolute Gasteiger partial charge is 0.265 e. The fourth-order valence-electron chi connectivity index (χ4n) is 6.33. The van der Waals surface area contributed by atoms with Crippen LogP contribution in [0.5, 0.6) is 0 Å². The number of halogens is 1. The number of hydroxylamine groups is 1. The van der Waals surface area contributed by atoms with Gasteiger partial charge in [0.2, 0.25) is 0 Å². The minimum atomic E-state index is -0.436. The summed E-state index contributed by atoms with van der Waals surface area (Å²) in [4.78, 5) is 21.1. The third-order valence-corrected chi connectivity index (χ3v) is 9.82. The minimum Gasteiger partial charge on any atom is -0.350 e. The van der Waals surface area contributed by atoms with E-state index in [1.54, 1.807) is 11.3 Å². The van der Waals surface area contributed by atoms with Crippen molar-refractivity contribution in [2.45, 2.75) is 51.2 Å². The Balaban J connectivity index is 1.15. The van der Waals surface area contributed by atoms with Gasteiger partial charge in [0.15, 0.2) is 6.29 Å². The summed E-state index contributed by atoms with van der Waals surface area (Å²) >= 11 is 7.74. The molecule has 1 aromatic heterocycles. The topological polar surface area (TPSA) is 38.8 Å². The van der Waals surface area contributed by atoms with Gasteiger partial charge in [0.1, 0.15) is 5.88 Å². The highest BCUT2D eigenvalue weighted by Gasteiger charge is 2.25. The Labute approximate surface area is 250 Å². The van der Waals surface area contributed by atoms with Crippen LogP contribution in [0, 0.1) is 0 Å². The molecule has 0 radical (unpaired) electrons. The van der Waals surface area contributed by atoms with E-state index in [0.717, 1.165) is 55.4 Å². The molecule has 4 aromatic rings. The number of amides is 1. The largest absolute Gasteiger partial charge is 0.350 e. The highest BCUT2D eigenvalue weighted by Crippen LogP contribution is 2.42. The lowest BCUT2D eigenvalue weighted by Crippen LogP contribution is -2.38. The number of ether oxygens (including phenoxy) is 1. The molecule has 1 amide bonds. The minimum absolute atomic E-state index is 0.161. The summed E-state index contributed by atoms with van der Waals surface area (Å²) in [5.74, 6) is -0.465. The predicted octanol–water partition coefficient (Wildman–Crippen LogP) is 8.70. The van der Waals surface area contributed by atoms with Gasteiger partial charge in [-0.25, -0.2) is 4.84 Å². The zero-order valence-corrected chi connectivity index (χ0v) is 24.5. The molecule has 0 bridgehead atoms. The Morgan fingerprint density at radius 3 is 2.66 bits per heavy atom. The Morgan fingerprint density at radius 2 is 1.78 bits per heavy atom. The lowest BCUT2D eigenvalue weighted by molar-refractivity contribution is -0.176. The molecule has 2 heterocycles. The van der Waals surface area contributed by atoms with E-state index in [4.69, 9.17) is 21.2 Å². The van der Waals surface area contributed by atoms with Gasteiger partial charge in [-0.05, 0) is 107 Å². The molecule has 7 rings (SSSR count). The Morgan fingerprint density at radius 1 is 0.902 bits per heavy atom. The molecule has 0 N–H and O–H groups in total. The third kappa shape index (κ3) is 5.28. The zero-order chi connectivity index (χ0) is 27.8. The molecule has 1 saturated heterocycles. The van der Waals surface area contributed by atoms with Crippen molar-refractivity contribution in [1.29, 1.82) is 0 Å². The lowest BCUT2D eigenvalue weighted by Gasteiger charge is -2.29. The number of hydrogen-bond donors (Lipinski definition) is 0. The van der Waals surface area contributed by atoms with E-state index >= 15 is 0 Å². The fraction of sp³-hybridized carbons (Fsp3) is 0.286. The Hall–Kier alpha value is -3.22. The molecular formula is C35H32ClNO3S. The van der Waals surface area contributed by atoms with E-state index in [-0.39, 0.29) is 11.8 Å². The van der Waals surface area contributed by atoms with Crippen LogP contribution in [0.2, 0.25) is 0 Å². The second kappa shape index (κ2) is 11.6. The van der Waals surface area contributed by atoms with Crippen LogP contribution < -0.4 is 5.06 Å². The summed E-state index contributed by atoms with van der Waals surface area (Å²) in [5.41, 5.74) is 11.8. The van der Waals surface area contributed by atoms with E-state index in [1.807, 2.05) is 18.2 Å². The van der Waals surface area contributed by atoms with Gasteiger partial charge in [0, 0.05) is 22.8 Å². The molecule has 3 aliphatic rings. The van der Waals surface area contributed by atoms with Crippen molar-refractivity contribution in [2.24, 2.45) is 0 Å². The van der Waals surface area contributed by atoms with Crippen molar-refractivity contribution in [1.82, 2.24) is 0 Å². The number of aryl methyl sites for hydroxylation is 1. The molecule has 2 aliphatic carbocycles. The number of carbonyl (C=O) groups excluding carboxylic acids is 1. The SMILES string of the molecule is O=C(CCl)N(OC1CCCCO1)c1cccc(-c2ccc(C3=Cc4ccc5c(c4CC3)CCc3ccccc3-5)s2)c1. The van der Waals surface area contributed by atoms with Crippen LogP contribution in [0.4, 0.5) is 5.69 Å². The van der Waals surface area contributed by atoms with Crippen molar-refractivity contribution < 1.29 is 14.4 Å². The average Bonchev–Trinajstić information content (AvgIpc) is 3.54. The summed E-state index contributed by atoms with van der Waals surface area (Å²) in [6.07, 6.45) is 9.10. The van der Waals surface area contributed by atoms with Gasteiger partial charge >= 0.3 is 0 Å². The van der Waals surface area contributed by atoms with E-state index in [1.165, 1.54) is 48.9 Å². The number of carbonyl (C=O) groups is 1. The van der Waals surface area contributed by atoms with Crippen LogP contribution >= 0.6 is 22.9 Å². The van der Waals surface area contributed by atoms with Gasteiger partial charge in [-0.15, -0.1) is 22.9 Å². The maximum absolute atomic E-state index is 12.7. The Bertz CT molecular complexity index is 1630. The van der Waals surface area contributed by atoms with Crippen molar-refractivity contribution >= 4 is 46.2 Å². The van der Waals surface area contributed by atoms with Gasteiger partial charge in [0.25, 0.3) is 5.91 Å². The molecule has 3 aromatic carbocycles. The molecule has 1 aliphatic heterocycles. The molecule has 208 valence electrons. The first-order valence-corrected chi connectivity index (χ1v) is 15.8. The van der Waals surface area contributed by atoms with Crippen LogP contribution in [-0.4, -0.2) is 24.7 Å². The summed E-state index contributed by atoms with van der Waals surface area (Å²) in [5, 5.41) is 1.31. The molecule has 6 heteroatoms. The maximum Gasteiger partial charge on any atom is 0.265 e. The van der Waals surface area contributed by atoms with E-state index in [9.17, 15) is 4.79 Å². The van der Waals surface area contributed by atoms with Gasteiger partial charge in [0.05, 0.1) is 5.69 Å². The molecule has 41 heavy (non-hydrogen) atoms. The summed E-state index contributed by atoms with van der Waals surface area (Å²) in [6.45, 7) is 0.641. The fourth-order valence-corrected chi connectivity index (χ4v) is 7.49. The number of benzene rings is 3. The maximum atomic E-state index is 12.7. The second-order valence-electron chi connectivity index (χ2n) is 10.9. The number of allylic oxidation sites excluding steroid dienone is 1. The van der Waals surface area contributed by atoms with Crippen molar-refractivity contribution in [3.63, 3.8) is 0 Å². The summed E-state index contributed by atoms with van der Waals surface area (Å²) in [6, 6.07) is 25.8. The van der Waals surface area contributed by atoms with Crippen LogP contribution in [0.3, 0.4) is 0 Å². The normalized spacial score (nSPS) is 17.7. The molecule has 4 nitrogen and oxygen atoms in total. The standard InChI is InChI=1S/C35H32ClNO3S/c36-22-34(38)37(40-35-10-3-4-19-39-35)27-8-5-7-25(21-27)32-17-18-33(41-32)26-13-14-29-24(20-26)12-16-30-28-9-2-1-6-23(28)11-15-31(29)30/h1-2,5-9,12,16-18,20-21,35H,3-4,10-11,13-15,19,22H2. The van der Waals surface area contributed by atoms with Crippen LogP contribution in [-0.2, 0) is 33.6 Å². The van der Waals surface area contributed by atoms with Gasteiger partial charge in [-0.1, -0.05) is 54.6 Å². The highest BCUT2D eigenvalue weighted by molar-refractivity contribution is 7.16. The van der Waals surface area contributed by atoms with Crippen molar-refractivity contribution in [3.8, 4) is 21.6 Å². The van der Waals surface area contributed by atoms with E-state index in [2.05, 4.69) is 60.7 Å². The first-order chi connectivity index (χ1) is 20.2. The number of alkyl halides is 1. The molecule has 1 unspecified atom stereocenters. The van der Waals surface area contributed by atoms with Crippen molar-refractivity contribution in [2.75, 3.05) is 17.6 Å². The predicted molar refractivity (Wildman–Crippen MR) is 168 cm³/mol. The number of rotatable bonds is 6. The number of hydrogen-bond acceptors (Lipinski definition) is 4. The molecule has 1 fully saturated rings. The van der Waals surface area contributed by atoms with Gasteiger partial charge in [-0.2, -0.15) is 5.06 Å². The van der Waals surface area contributed by atoms with Crippen molar-refractivity contribution in [3.05, 3.63) is 99.9 Å². The first-order valence-electron chi connectivity index (χ1n) is 14.5. The second-order valence-corrected chi connectivity index (χ2v) is 12.3. The molecule has 1 atom stereocenters. The number of anilines is 1. The van der Waals surface area contributed by atoms with Gasteiger partial charge in [-0.3, -0.25) is 4.79 Å². The summed E-state index contributed by atoms with van der Waals surface area (Å²) < 4.78 is 5.72. The molecule has 0 saturated carbocycles. The number of nitrogens with zero attached hydrogens (tertiary/aromatic N) is 1.